The third kappa shape index (κ3) is 3.77. The van der Waals surface area contributed by atoms with Crippen molar-refractivity contribution in [2.24, 2.45) is 21.6 Å². The van der Waals surface area contributed by atoms with Crippen molar-refractivity contribution in [1.29, 1.82) is 0 Å². The number of nitrogens with zero attached hydrogens (tertiary/aromatic N) is 2. The van der Waals surface area contributed by atoms with Crippen LogP contribution in [-0.2, 0) is 14.3 Å². The van der Waals surface area contributed by atoms with Gasteiger partial charge in [-0.1, -0.05) is 0 Å². The van der Waals surface area contributed by atoms with E-state index >= 15 is 0 Å². The standard InChI is InChI=1S/C18H25N3O3/c1-3-4-7-18(20-21-18)9-6-15(22)19-14-5-8-17(10-11-17)12-13(14)16(23)24-2/h1,13-14H,4-12H2,2H3,(H,19,22)/t13-,14+/m1/s1. The van der Waals surface area contributed by atoms with Gasteiger partial charge in [-0.05, 0) is 37.5 Å². The number of esters is 1. The fraction of sp³-hybridized carbons (Fsp3) is 0.778. The maximum atomic E-state index is 12.3. The van der Waals surface area contributed by atoms with Crippen molar-refractivity contribution >= 4 is 11.9 Å². The van der Waals surface area contributed by atoms with Gasteiger partial charge in [0.25, 0.3) is 0 Å². The molecule has 0 unspecified atom stereocenters. The maximum absolute atomic E-state index is 12.3. The summed E-state index contributed by atoms with van der Waals surface area (Å²) >= 11 is 0. The van der Waals surface area contributed by atoms with E-state index in [9.17, 15) is 9.59 Å². The lowest BCUT2D eigenvalue weighted by Gasteiger charge is -2.35. The number of rotatable bonds is 7. The zero-order valence-electron chi connectivity index (χ0n) is 14.2. The van der Waals surface area contributed by atoms with Crippen LogP contribution in [0.5, 0.6) is 0 Å². The van der Waals surface area contributed by atoms with Crippen molar-refractivity contribution in [2.75, 3.05) is 7.11 Å². The first-order valence-electron chi connectivity index (χ1n) is 8.76. The molecule has 6 heteroatoms. The zero-order valence-corrected chi connectivity index (χ0v) is 14.2. The van der Waals surface area contributed by atoms with Crippen LogP contribution in [0.25, 0.3) is 0 Å². The van der Waals surface area contributed by atoms with Gasteiger partial charge in [0.05, 0.1) is 13.0 Å². The van der Waals surface area contributed by atoms with E-state index in [4.69, 9.17) is 11.2 Å². The summed E-state index contributed by atoms with van der Waals surface area (Å²) in [7, 11) is 1.42. The van der Waals surface area contributed by atoms with Gasteiger partial charge in [-0.3, -0.25) is 9.59 Å². The number of terminal acetylenes is 1. The Kier molecular flexibility index (Phi) is 4.62. The largest absolute Gasteiger partial charge is 0.469 e. The molecule has 0 aromatic rings. The highest BCUT2D eigenvalue weighted by molar-refractivity contribution is 5.79. The van der Waals surface area contributed by atoms with Crippen molar-refractivity contribution in [3.05, 3.63) is 0 Å². The van der Waals surface area contributed by atoms with Crippen LogP contribution in [0.1, 0.15) is 57.8 Å². The first-order chi connectivity index (χ1) is 11.5. The molecule has 1 N–H and O–H groups in total. The van der Waals surface area contributed by atoms with Crippen LogP contribution in [0.3, 0.4) is 0 Å². The highest BCUT2D eigenvalue weighted by Crippen LogP contribution is 2.57. The first kappa shape index (κ1) is 16.9. The Morgan fingerprint density at radius 1 is 1.29 bits per heavy atom. The third-order valence-corrected chi connectivity index (χ3v) is 5.74. The van der Waals surface area contributed by atoms with Crippen molar-refractivity contribution in [2.45, 2.75) is 69.5 Å². The van der Waals surface area contributed by atoms with E-state index < -0.39 is 5.66 Å². The van der Waals surface area contributed by atoms with E-state index in [-0.39, 0.29) is 23.8 Å². The van der Waals surface area contributed by atoms with Crippen LogP contribution in [0.4, 0.5) is 0 Å². The Hall–Kier alpha value is -1.90. The normalized spacial score (nSPS) is 28.0. The van der Waals surface area contributed by atoms with Crippen LogP contribution in [-0.4, -0.2) is 30.7 Å². The molecule has 1 aliphatic heterocycles. The molecular formula is C18H25N3O3. The summed E-state index contributed by atoms with van der Waals surface area (Å²) in [5, 5.41) is 11.1. The van der Waals surface area contributed by atoms with Gasteiger partial charge in [-0.15, -0.1) is 12.3 Å². The van der Waals surface area contributed by atoms with Gasteiger partial charge < -0.3 is 10.1 Å². The molecule has 2 saturated carbocycles. The summed E-state index contributed by atoms with van der Waals surface area (Å²) in [4.78, 5) is 24.4. The molecule has 1 spiro atoms. The van der Waals surface area contributed by atoms with Gasteiger partial charge in [0.15, 0.2) is 5.66 Å². The van der Waals surface area contributed by atoms with Gasteiger partial charge in [0, 0.05) is 31.7 Å². The fourth-order valence-electron chi connectivity index (χ4n) is 3.84. The monoisotopic (exact) mass is 331 g/mol. The van der Waals surface area contributed by atoms with E-state index in [1.807, 2.05) is 0 Å². The molecule has 0 aromatic heterocycles. The Bertz CT molecular complexity index is 583. The number of carbonyl (C=O) groups is 2. The summed E-state index contributed by atoms with van der Waals surface area (Å²) in [5.41, 5.74) is -0.0960. The van der Waals surface area contributed by atoms with E-state index in [0.29, 0.717) is 31.1 Å². The SMILES string of the molecule is C#CCCC1(CCC(=O)N[C@H]2CCC3(CC3)C[C@H]2C(=O)OC)N=N1. The summed E-state index contributed by atoms with van der Waals surface area (Å²) < 4.78 is 4.95. The minimum atomic E-state index is -0.434. The number of amides is 1. The van der Waals surface area contributed by atoms with E-state index in [2.05, 4.69) is 21.5 Å². The van der Waals surface area contributed by atoms with Crippen molar-refractivity contribution in [3.63, 3.8) is 0 Å². The van der Waals surface area contributed by atoms with Crippen molar-refractivity contribution < 1.29 is 14.3 Å². The lowest BCUT2D eigenvalue weighted by atomic mass is 9.75. The molecule has 24 heavy (non-hydrogen) atoms. The van der Waals surface area contributed by atoms with Crippen LogP contribution < -0.4 is 5.32 Å². The predicted octanol–water partition coefficient (Wildman–Crippen LogP) is 2.58. The Balaban J connectivity index is 1.49. The smallest absolute Gasteiger partial charge is 0.310 e. The highest BCUT2D eigenvalue weighted by atomic mass is 16.5. The number of carbonyl (C=O) groups excluding carboxylic acids is 2. The van der Waals surface area contributed by atoms with Gasteiger partial charge in [-0.25, -0.2) is 0 Å². The van der Waals surface area contributed by atoms with Gasteiger partial charge in [-0.2, -0.15) is 10.2 Å². The molecule has 3 rings (SSSR count). The zero-order chi connectivity index (χ0) is 17.2. The summed E-state index contributed by atoms with van der Waals surface area (Å²) in [6, 6.07) is -0.120. The third-order valence-electron chi connectivity index (χ3n) is 5.74. The lowest BCUT2D eigenvalue weighted by Crippen LogP contribution is -2.47. The summed E-state index contributed by atoms with van der Waals surface area (Å²) in [6.07, 6.45) is 12.7. The minimum Gasteiger partial charge on any atom is -0.469 e. The molecule has 2 atom stereocenters. The molecule has 0 saturated heterocycles. The topological polar surface area (TPSA) is 80.1 Å². The van der Waals surface area contributed by atoms with E-state index in [0.717, 1.165) is 19.3 Å². The highest BCUT2D eigenvalue weighted by Gasteiger charge is 2.51. The fourth-order valence-corrected chi connectivity index (χ4v) is 3.84. The number of ether oxygens (including phenoxy) is 1. The average molecular weight is 331 g/mol. The molecular weight excluding hydrogens is 306 g/mol. The molecule has 130 valence electrons. The molecule has 3 aliphatic rings. The molecule has 6 nitrogen and oxygen atoms in total. The van der Waals surface area contributed by atoms with E-state index in [1.165, 1.54) is 20.0 Å². The number of hydrogen-bond acceptors (Lipinski definition) is 5. The van der Waals surface area contributed by atoms with Gasteiger partial charge >= 0.3 is 5.97 Å². The molecule has 1 amide bonds. The molecule has 0 aromatic carbocycles. The average Bonchev–Trinajstić information content (AvgIpc) is 3.51. The summed E-state index contributed by atoms with van der Waals surface area (Å²) in [5.74, 6) is 2.11. The van der Waals surface area contributed by atoms with Crippen molar-refractivity contribution in [3.8, 4) is 12.3 Å². The number of nitrogens with one attached hydrogen (secondary N) is 1. The molecule has 1 heterocycles. The second kappa shape index (κ2) is 6.54. The Morgan fingerprint density at radius 3 is 2.62 bits per heavy atom. The Labute approximate surface area is 142 Å². The summed E-state index contributed by atoms with van der Waals surface area (Å²) in [6.45, 7) is 0. The maximum Gasteiger partial charge on any atom is 0.310 e. The second-order valence-electron chi connectivity index (χ2n) is 7.43. The second-order valence-corrected chi connectivity index (χ2v) is 7.43. The van der Waals surface area contributed by atoms with Crippen LogP contribution in [0.15, 0.2) is 10.2 Å². The molecule has 0 radical (unpaired) electrons. The van der Waals surface area contributed by atoms with Crippen molar-refractivity contribution in [1.82, 2.24) is 5.32 Å². The van der Waals surface area contributed by atoms with Crippen LogP contribution in [0, 0.1) is 23.7 Å². The number of hydrogen-bond donors (Lipinski definition) is 1. The number of methoxy groups -OCH3 is 1. The first-order valence-corrected chi connectivity index (χ1v) is 8.76. The van der Waals surface area contributed by atoms with E-state index in [1.54, 1.807) is 0 Å². The lowest BCUT2D eigenvalue weighted by molar-refractivity contribution is -0.148. The predicted molar refractivity (Wildman–Crippen MR) is 87.8 cm³/mol. The molecule has 0 bridgehead atoms. The minimum absolute atomic E-state index is 0.0435. The van der Waals surface area contributed by atoms with Crippen LogP contribution in [0.2, 0.25) is 0 Å². The molecule has 2 aliphatic carbocycles. The van der Waals surface area contributed by atoms with Gasteiger partial charge in [0.2, 0.25) is 5.91 Å². The Morgan fingerprint density at radius 2 is 2.04 bits per heavy atom. The molecule has 2 fully saturated rings. The van der Waals surface area contributed by atoms with Crippen LogP contribution >= 0.6 is 0 Å². The van der Waals surface area contributed by atoms with Gasteiger partial charge in [0.1, 0.15) is 0 Å². The quantitative estimate of drug-likeness (QED) is 0.575.